The second-order valence-electron chi connectivity index (χ2n) is 5.53. The number of carbonyl (C=O) groups is 2. The fourth-order valence-corrected chi connectivity index (χ4v) is 3.64. The molecule has 2 atom stereocenters. The summed E-state index contributed by atoms with van der Waals surface area (Å²) in [5.74, 6) is -1.46. The summed E-state index contributed by atoms with van der Waals surface area (Å²) in [4.78, 5) is 25.7. The van der Waals surface area contributed by atoms with Gasteiger partial charge in [-0.15, -0.1) is 0 Å². The molecule has 1 amide bonds. The number of aryl methyl sites for hydroxylation is 1. The first kappa shape index (κ1) is 14.8. The zero-order valence-electron chi connectivity index (χ0n) is 12.2. The van der Waals surface area contributed by atoms with E-state index < -0.39 is 17.9 Å². The van der Waals surface area contributed by atoms with Gasteiger partial charge in [0.25, 0.3) is 0 Å². The Kier molecular flexibility index (Phi) is 3.98. The molecule has 0 aliphatic carbocycles. The first-order chi connectivity index (χ1) is 10.6. The van der Waals surface area contributed by atoms with Crippen LogP contribution in [0.1, 0.15) is 30.0 Å². The van der Waals surface area contributed by atoms with Gasteiger partial charge in [0.05, 0.1) is 18.2 Å². The Morgan fingerprint density at radius 3 is 2.95 bits per heavy atom. The number of piperidine rings is 1. The van der Waals surface area contributed by atoms with Crippen LogP contribution in [0.5, 0.6) is 0 Å². The Labute approximate surface area is 132 Å². The first-order valence-electron chi connectivity index (χ1n) is 7.08. The summed E-state index contributed by atoms with van der Waals surface area (Å²) in [7, 11) is 1.78. The van der Waals surface area contributed by atoms with E-state index in [9.17, 15) is 14.7 Å². The number of carbonyl (C=O) groups excluding carboxylic acids is 1. The summed E-state index contributed by atoms with van der Waals surface area (Å²) in [6.45, 7) is 0.436. The molecule has 2 unspecified atom stereocenters. The van der Waals surface area contributed by atoms with Gasteiger partial charge >= 0.3 is 5.97 Å². The van der Waals surface area contributed by atoms with Gasteiger partial charge in [-0.2, -0.15) is 16.4 Å². The molecular weight excluding hydrogens is 302 g/mol. The first-order valence-corrected chi connectivity index (χ1v) is 8.02. The number of hydrogen-bond acceptors (Lipinski definition) is 4. The van der Waals surface area contributed by atoms with Crippen molar-refractivity contribution in [3.63, 3.8) is 0 Å². The topological polar surface area (TPSA) is 75.4 Å². The molecule has 0 spiro atoms. The fraction of sp³-hybridized carbons (Fsp3) is 0.400. The van der Waals surface area contributed by atoms with E-state index in [1.54, 1.807) is 40.4 Å². The van der Waals surface area contributed by atoms with Crippen molar-refractivity contribution in [1.82, 2.24) is 14.7 Å². The van der Waals surface area contributed by atoms with Crippen molar-refractivity contribution in [2.45, 2.75) is 25.4 Å². The minimum Gasteiger partial charge on any atom is -0.481 e. The third-order valence-corrected chi connectivity index (χ3v) is 4.76. The molecule has 1 aliphatic heterocycles. The monoisotopic (exact) mass is 319 g/mol. The lowest BCUT2D eigenvalue weighted by molar-refractivity contribution is -0.152. The highest BCUT2D eigenvalue weighted by Crippen LogP contribution is 2.37. The zero-order valence-corrected chi connectivity index (χ0v) is 13.0. The minimum atomic E-state index is -0.864. The summed E-state index contributed by atoms with van der Waals surface area (Å²) in [6.07, 6.45) is 4.09. The Bertz CT molecular complexity index is 680. The van der Waals surface area contributed by atoms with Crippen molar-refractivity contribution >= 4 is 23.2 Å². The zero-order chi connectivity index (χ0) is 15.7. The molecule has 1 aliphatic rings. The lowest BCUT2D eigenvalue weighted by atomic mass is 9.85. The van der Waals surface area contributed by atoms with Crippen molar-refractivity contribution in [3.8, 4) is 0 Å². The van der Waals surface area contributed by atoms with E-state index in [0.717, 1.165) is 11.1 Å². The Hall–Kier alpha value is -2.15. The number of aromatic nitrogens is 2. The normalized spacial score (nSPS) is 22.0. The highest BCUT2D eigenvalue weighted by atomic mass is 32.1. The van der Waals surface area contributed by atoms with Gasteiger partial charge in [0, 0.05) is 31.8 Å². The number of rotatable bonds is 4. The maximum Gasteiger partial charge on any atom is 0.308 e. The van der Waals surface area contributed by atoms with E-state index in [1.165, 1.54) is 0 Å². The van der Waals surface area contributed by atoms with Gasteiger partial charge in [-0.1, -0.05) is 0 Å². The van der Waals surface area contributed by atoms with Crippen LogP contribution in [0.3, 0.4) is 0 Å². The molecule has 0 aromatic carbocycles. The van der Waals surface area contributed by atoms with Gasteiger partial charge in [-0.3, -0.25) is 14.3 Å². The quantitative estimate of drug-likeness (QED) is 0.936. The Morgan fingerprint density at radius 1 is 1.55 bits per heavy atom. The highest BCUT2D eigenvalue weighted by molar-refractivity contribution is 7.07. The second-order valence-corrected chi connectivity index (χ2v) is 6.31. The molecule has 116 valence electrons. The van der Waals surface area contributed by atoms with E-state index in [-0.39, 0.29) is 12.3 Å². The molecule has 1 fully saturated rings. The molecule has 6 nitrogen and oxygen atoms in total. The van der Waals surface area contributed by atoms with Crippen LogP contribution in [0.2, 0.25) is 0 Å². The summed E-state index contributed by atoms with van der Waals surface area (Å²) in [5, 5.41) is 17.6. The number of likely N-dealkylation sites (tertiary alicyclic amines) is 1. The highest BCUT2D eigenvalue weighted by Gasteiger charge is 2.41. The van der Waals surface area contributed by atoms with Crippen LogP contribution >= 0.6 is 11.3 Å². The standard InChI is InChI=1S/C15H17N3O3S/c1-17-8-11(6-16-17)14-12(15(20)21)2-3-13(19)18(14)7-10-4-5-22-9-10/h4-6,8-9,12,14H,2-3,7H2,1H3,(H,20,21). The minimum absolute atomic E-state index is 0.00227. The smallest absolute Gasteiger partial charge is 0.308 e. The largest absolute Gasteiger partial charge is 0.481 e. The van der Waals surface area contributed by atoms with Crippen LogP contribution < -0.4 is 0 Å². The molecule has 1 saturated heterocycles. The van der Waals surface area contributed by atoms with Gasteiger partial charge in [-0.05, 0) is 28.8 Å². The summed E-state index contributed by atoms with van der Waals surface area (Å²) < 4.78 is 1.64. The molecule has 2 aromatic heterocycles. The third kappa shape index (κ3) is 2.76. The number of carboxylic acid groups (broad SMARTS) is 1. The van der Waals surface area contributed by atoms with E-state index in [4.69, 9.17) is 0 Å². The molecule has 2 aromatic rings. The van der Waals surface area contributed by atoms with Crippen LogP contribution in [-0.4, -0.2) is 31.7 Å². The van der Waals surface area contributed by atoms with Crippen LogP contribution in [-0.2, 0) is 23.2 Å². The molecule has 3 heterocycles. The molecular formula is C15H17N3O3S. The van der Waals surface area contributed by atoms with Crippen LogP contribution in [0.15, 0.2) is 29.2 Å². The van der Waals surface area contributed by atoms with Crippen molar-refractivity contribution in [3.05, 3.63) is 40.3 Å². The molecule has 7 heteroatoms. The van der Waals surface area contributed by atoms with E-state index in [2.05, 4.69) is 5.10 Å². The predicted molar refractivity (Wildman–Crippen MR) is 81.2 cm³/mol. The number of thiophene rings is 1. The van der Waals surface area contributed by atoms with E-state index >= 15 is 0 Å². The number of carboxylic acids is 1. The predicted octanol–water partition coefficient (Wildman–Crippen LogP) is 2.05. The van der Waals surface area contributed by atoms with Crippen LogP contribution in [0.25, 0.3) is 0 Å². The number of nitrogens with zero attached hydrogens (tertiary/aromatic N) is 3. The summed E-state index contributed by atoms with van der Waals surface area (Å²) in [6, 6.07) is 1.50. The van der Waals surface area contributed by atoms with Crippen molar-refractivity contribution in [2.24, 2.45) is 13.0 Å². The molecule has 0 saturated carbocycles. The van der Waals surface area contributed by atoms with Crippen molar-refractivity contribution in [1.29, 1.82) is 0 Å². The third-order valence-electron chi connectivity index (χ3n) is 4.02. The number of hydrogen-bond donors (Lipinski definition) is 1. The molecule has 1 N–H and O–H groups in total. The number of aliphatic carboxylic acids is 1. The average molecular weight is 319 g/mol. The van der Waals surface area contributed by atoms with Gasteiger partial charge in [0.15, 0.2) is 0 Å². The Morgan fingerprint density at radius 2 is 2.36 bits per heavy atom. The average Bonchev–Trinajstić information content (AvgIpc) is 3.12. The van der Waals surface area contributed by atoms with Crippen LogP contribution in [0, 0.1) is 5.92 Å². The van der Waals surface area contributed by atoms with Gasteiger partial charge in [0.2, 0.25) is 5.91 Å². The lowest BCUT2D eigenvalue weighted by Crippen LogP contribution is -2.44. The van der Waals surface area contributed by atoms with Gasteiger partial charge < -0.3 is 10.0 Å². The maximum atomic E-state index is 12.4. The molecule has 22 heavy (non-hydrogen) atoms. The van der Waals surface area contributed by atoms with Crippen molar-refractivity contribution in [2.75, 3.05) is 0 Å². The summed E-state index contributed by atoms with van der Waals surface area (Å²) in [5.41, 5.74) is 1.80. The lowest BCUT2D eigenvalue weighted by Gasteiger charge is -2.39. The Balaban J connectivity index is 1.97. The van der Waals surface area contributed by atoms with E-state index in [1.807, 2.05) is 16.8 Å². The van der Waals surface area contributed by atoms with E-state index in [0.29, 0.717) is 13.0 Å². The molecule has 0 radical (unpaired) electrons. The van der Waals surface area contributed by atoms with Crippen molar-refractivity contribution < 1.29 is 14.7 Å². The number of amides is 1. The SMILES string of the molecule is Cn1cc(C2C(C(=O)O)CCC(=O)N2Cc2ccsc2)cn1. The van der Waals surface area contributed by atoms with Crippen LogP contribution in [0.4, 0.5) is 0 Å². The maximum absolute atomic E-state index is 12.4. The second kappa shape index (κ2) is 5.92. The molecule has 0 bridgehead atoms. The molecule has 3 rings (SSSR count). The van der Waals surface area contributed by atoms with Gasteiger partial charge in [-0.25, -0.2) is 0 Å². The van der Waals surface area contributed by atoms with Gasteiger partial charge in [0.1, 0.15) is 0 Å². The summed E-state index contributed by atoms with van der Waals surface area (Å²) >= 11 is 1.57. The fourth-order valence-electron chi connectivity index (χ4n) is 2.98.